The van der Waals surface area contributed by atoms with Crippen LogP contribution in [0.3, 0.4) is 0 Å². The second kappa shape index (κ2) is 9.20. The highest BCUT2D eigenvalue weighted by Crippen LogP contribution is 2.39. The van der Waals surface area contributed by atoms with Crippen molar-refractivity contribution in [1.29, 1.82) is 0 Å². The Morgan fingerprint density at radius 3 is 2.94 bits per heavy atom. The number of amides is 1. The molecule has 2 aromatic heterocycles. The van der Waals surface area contributed by atoms with E-state index in [0.29, 0.717) is 31.8 Å². The molecule has 32 heavy (non-hydrogen) atoms. The second-order valence-electron chi connectivity index (χ2n) is 8.99. The van der Waals surface area contributed by atoms with Crippen molar-refractivity contribution in [3.63, 3.8) is 0 Å². The molecule has 0 bridgehead atoms. The van der Waals surface area contributed by atoms with Crippen LogP contribution in [0.4, 0.5) is 0 Å². The molecule has 168 valence electrons. The third-order valence-corrected chi connectivity index (χ3v) is 6.42. The maximum Gasteiger partial charge on any atom is 0.222 e. The van der Waals surface area contributed by atoms with E-state index in [1.54, 1.807) is 4.90 Å². The number of hydrogen-bond acceptors (Lipinski definition) is 6. The zero-order chi connectivity index (χ0) is 21.9. The Balaban J connectivity index is 1.08. The van der Waals surface area contributed by atoms with E-state index >= 15 is 0 Å². The molecule has 1 N–H and O–H groups in total. The van der Waals surface area contributed by atoms with Gasteiger partial charge in [0.1, 0.15) is 0 Å². The largest absolute Gasteiger partial charge is 0.340 e. The van der Waals surface area contributed by atoms with Crippen molar-refractivity contribution in [3.05, 3.63) is 58.7 Å². The number of benzene rings is 1. The van der Waals surface area contributed by atoms with Gasteiger partial charge < -0.3 is 4.90 Å². The molecule has 1 aliphatic heterocycles. The average Bonchev–Trinajstić information content (AvgIpc) is 3.40. The number of aromatic amines is 1. The first-order valence-electron chi connectivity index (χ1n) is 11.5. The van der Waals surface area contributed by atoms with Crippen molar-refractivity contribution in [2.75, 3.05) is 13.6 Å². The van der Waals surface area contributed by atoms with E-state index in [1.165, 1.54) is 24.0 Å². The molecule has 1 aliphatic carbocycles. The second-order valence-corrected chi connectivity index (χ2v) is 8.99. The lowest BCUT2D eigenvalue weighted by Gasteiger charge is -2.28. The van der Waals surface area contributed by atoms with Crippen molar-refractivity contribution < 1.29 is 4.79 Å². The van der Waals surface area contributed by atoms with Crippen LogP contribution in [0.5, 0.6) is 0 Å². The first-order chi connectivity index (χ1) is 15.7. The average molecular weight is 435 g/mol. The van der Waals surface area contributed by atoms with Crippen LogP contribution in [0, 0.1) is 0 Å². The minimum absolute atomic E-state index is 0.120. The summed E-state index contributed by atoms with van der Waals surface area (Å²) in [7, 11) is 1.84. The molecule has 0 saturated heterocycles. The number of carbonyl (C=O) groups excluding carboxylic acids is 1. The van der Waals surface area contributed by atoms with E-state index in [0.717, 1.165) is 43.3 Å². The summed E-state index contributed by atoms with van der Waals surface area (Å²) in [4.78, 5) is 16.7. The van der Waals surface area contributed by atoms with Crippen LogP contribution in [-0.2, 0) is 37.4 Å². The lowest BCUT2D eigenvalue weighted by atomic mass is 10.00. The predicted molar refractivity (Wildman–Crippen MR) is 118 cm³/mol. The topological polar surface area (TPSA) is 95.8 Å². The molecule has 5 rings (SSSR count). The Labute approximate surface area is 187 Å². The van der Waals surface area contributed by atoms with Gasteiger partial charge in [0, 0.05) is 39.0 Å². The van der Waals surface area contributed by atoms with E-state index in [2.05, 4.69) is 61.0 Å². The van der Waals surface area contributed by atoms with Gasteiger partial charge in [-0.05, 0) is 53.3 Å². The van der Waals surface area contributed by atoms with Crippen molar-refractivity contribution in [1.82, 2.24) is 40.2 Å². The molecule has 9 nitrogen and oxygen atoms in total. The molecule has 0 unspecified atom stereocenters. The highest BCUT2D eigenvalue weighted by molar-refractivity contribution is 5.75. The van der Waals surface area contributed by atoms with Crippen LogP contribution in [0.25, 0.3) is 0 Å². The molecule has 3 aromatic rings. The van der Waals surface area contributed by atoms with Gasteiger partial charge in [0.2, 0.25) is 5.91 Å². The van der Waals surface area contributed by atoms with Gasteiger partial charge in [0.25, 0.3) is 0 Å². The van der Waals surface area contributed by atoms with Crippen LogP contribution >= 0.6 is 0 Å². The fourth-order valence-electron chi connectivity index (χ4n) is 4.36. The molecule has 0 radical (unpaired) electrons. The summed E-state index contributed by atoms with van der Waals surface area (Å²) in [5.41, 5.74) is 4.94. The van der Waals surface area contributed by atoms with Crippen LogP contribution in [0.15, 0.2) is 30.3 Å². The normalized spacial score (nSPS) is 16.2. The highest BCUT2D eigenvalue weighted by atomic mass is 16.2. The van der Waals surface area contributed by atoms with Gasteiger partial charge in [-0.25, -0.2) is 4.68 Å². The van der Waals surface area contributed by atoms with Gasteiger partial charge in [0.05, 0.1) is 24.5 Å². The number of tetrazole rings is 1. The van der Waals surface area contributed by atoms with Gasteiger partial charge in [-0.2, -0.15) is 5.10 Å². The van der Waals surface area contributed by atoms with Crippen LogP contribution in [0.2, 0.25) is 0 Å². The van der Waals surface area contributed by atoms with Crippen molar-refractivity contribution in [2.24, 2.45) is 0 Å². The van der Waals surface area contributed by atoms with Gasteiger partial charge in [-0.3, -0.25) is 14.8 Å². The molecular weight excluding hydrogens is 404 g/mol. The maximum atomic E-state index is 12.6. The van der Waals surface area contributed by atoms with E-state index in [-0.39, 0.29) is 5.91 Å². The molecule has 9 heteroatoms. The fraction of sp³-hybridized carbons (Fsp3) is 0.522. The van der Waals surface area contributed by atoms with E-state index in [9.17, 15) is 4.79 Å². The molecular formula is C23H30N8O. The molecule has 3 heterocycles. The number of fused-ring (bicyclic) bond motifs is 1. The SMILES string of the molecule is CN(Cc1cc(C2CC2)n[nH]1)C(=O)CCCn1nnnc1CN1CCc2ccccc2C1. The number of nitrogens with one attached hydrogen (secondary N) is 1. The number of H-pyrrole nitrogens is 1. The first-order valence-corrected chi connectivity index (χ1v) is 11.5. The Morgan fingerprint density at radius 1 is 1.25 bits per heavy atom. The summed E-state index contributed by atoms with van der Waals surface area (Å²) in [6.07, 6.45) is 4.68. The summed E-state index contributed by atoms with van der Waals surface area (Å²) in [6.45, 7) is 3.84. The Kier molecular flexibility index (Phi) is 5.98. The third kappa shape index (κ3) is 4.88. The van der Waals surface area contributed by atoms with E-state index < -0.39 is 0 Å². The van der Waals surface area contributed by atoms with Crippen molar-refractivity contribution >= 4 is 5.91 Å². The summed E-state index contributed by atoms with van der Waals surface area (Å²) < 4.78 is 1.84. The summed E-state index contributed by atoms with van der Waals surface area (Å²) in [5, 5.41) is 19.7. The highest BCUT2D eigenvalue weighted by Gasteiger charge is 2.26. The summed E-state index contributed by atoms with van der Waals surface area (Å²) in [5.74, 6) is 1.59. The fourth-order valence-corrected chi connectivity index (χ4v) is 4.36. The molecule has 2 aliphatic rings. The standard InChI is InChI=1S/C23H30N8O/c1-29(15-20-13-21(25-24-20)18-8-9-18)23(32)7-4-11-31-22(26-27-28-31)16-30-12-10-17-5-2-3-6-19(17)14-30/h2-3,5-6,13,18H,4,7-12,14-16H2,1H3,(H,24,25). The lowest BCUT2D eigenvalue weighted by molar-refractivity contribution is -0.130. The number of nitrogens with zero attached hydrogens (tertiary/aromatic N) is 7. The number of carbonyl (C=O) groups is 1. The minimum atomic E-state index is 0.120. The molecule has 0 atom stereocenters. The molecule has 1 amide bonds. The molecule has 1 aromatic carbocycles. The monoisotopic (exact) mass is 434 g/mol. The number of aromatic nitrogens is 6. The van der Waals surface area contributed by atoms with Gasteiger partial charge in [0.15, 0.2) is 5.82 Å². The van der Waals surface area contributed by atoms with Crippen LogP contribution < -0.4 is 0 Å². The summed E-state index contributed by atoms with van der Waals surface area (Å²) in [6, 6.07) is 10.7. The maximum absolute atomic E-state index is 12.6. The predicted octanol–water partition coefficient (Wildman–Crippen LogP) is 2.27. The van der Waals surface area contributed by atoms with E-state index in [4.69, 9.17) is 0 Å². The van der Waals surface area contributed by atoms with Crippen molar-refractivity contribution in [3.8, 4) is 0 Å². The summed E-state index contributed by atoms with van der Waals surface area (Å²) >= 11 is 0. The lowest BCUT2D eigenvalue weighted by Crippen LogP contribution is -2.31. The smallest absolute Gasteiger partial charge is 0.222 e. The minimum Gasteiger partial charge on any atom is -0.340 e. The first kappa shape index (κ1) is 20.8. The quantitative estimate of drug-likeness (QED) is 0.555. The Morgan fingerprint density at radius 2 is 2.09 bits per heavy atom. The van der Waals surface area contributed by atoms with Crippen LogP contribution in [-0.4, -0.2) is 59.7 Å². The van der Waals surface area contributed by atoms with E-state index in [1.807, 2.05) is 11.7 Å². The Hall–Kier alpha value is -3.07. The van der Waals surface area contributed by atoms with Crippen molar-refractivity contribution in [2.45, 2.75) is 64.2 Å². The van der Waals surface area contributed by atoms with Gasteiger partial charge >= 0.3 is 0 Å². The van der Waals surface area contributed by atoms with Gasteiger partial charge in [-0.1, -0.05) is 24.3 Å². The van der Waals surface area contributed by atoms with Crippen LogP contribution in [0.1, 0.15) is 59.9 Å². The molecule has 1 saturated carbocycles. The zero-order valence-corrected chi connectivity index (χ0v) is 18.6. The number of hydrogen-bond donors (Lipinski definition) is 1. The third-order valence-electron chi connectivity index (χ3n) is 6.42. The molecule has 0 spiro atoms. The number of rotatable bonds is 9. The molecule has 1 fully saturated rings. The Bertz CT molecular complexity index is 1070. The number of aryl methyl sites for hydroxylation is 1. The zero-order valence-electron chi connectivity index (χ0n) is 18.6. The van der Waals surface area contributed by atoms with Gasteiger partial charge in [-0.15, -0.1) is 5.10 Å².